The Hall–Kier alpha value is -3.57. The van der Waals surface area contributed by atoms with Crippen LogP contribution in [0.1, 0.15) is 23.5 Å². The van der Waals surface area contributed by atoms with Crippen LogP contribution in [0.3, 0.4) is 0 Å². The quantitative estimate of drug-likeness (QED) is 0.397. The summed E-state index contributed by atoms with van der Waals surface area (Å²) in [6, 6.07) is 8.66. The highest BCUT2D eigenvalue weighted by atomic mass is 35.5. The Morgan fingerprint density at radius 3 is 2.53 bits per heavy atom. The number of hydrogen-bond acceptors (Lipinski definition) is 5. The maximum atomic E-state index is 13.0. The van der Waals surface area contributed by atoms with Gasteiger partial charge in [0, 0.05) is 17.8 Å². The van der Waals surface area contributed by atoms with Crippen LogP contribution in [0.25, 0.3) is 0 Å². The molecule has 0 unspecified atom stereocenters. The number of anilines is 4. The molecule has 2 heterocycles. The van der Waals surface area contributed by atoms with Crippen LogP contribution in [0.5, 0.6) is 0 Å². The monoisotopic (exact) mass is 511 g/mol. The molecule has 1 aromatic heterocycles. The highest BCUT2D eigenvalue weighted by Gasteiger charge is 2.35. The third-order valence-corrected chi connectivity index (χ3v) is 5.65. The standard InChI is InChI=1S/C21H14Cl2F3N5O3/c22-13-5-4-11(7-14(13)23)27-18(33)12-8-15(32)29-17-16(12)19(34)31-20(30-17)28-10-3-1-2-9(6-10)21(24,25)26/h1-7,12H,8H2,(H,27,33)(H3,28,29,30,31,32,34)/t12-/m0/s1. The first-order valence-corrected chi connectivity index (χ1v) is 10.4. The van der Waals surface area contributed by atoms with E-state index in [9.17, 15) is 27.6 Å². The van der Waals surface area contributed by atoms with Crippen LogP contribution >= 0.6 is 23.2 Å². The van der Waals surface area contributed by atoms with Gasteiger partial charge >= 0.3 is 6.18 Å². The van der Waals surface area contributed by atoms with Gasteiger partial charge in [0.15, 0.2) is 0 Å². The molecule has 8 nitrogen and oxygen atoms in total. The lowest BCUT2D eigenvalue weighted by Crippen LogP contribution is -2.36. The van der Waals surface area contributed by atoms with Crippen molar-refractivity contribution >= 4 is 58.2 Å². The molecule has 3 aromatic rings. The van der Waals surface area contributed by atoms with Crippen LogP contribution in [0.4, 0.5) is 36.3 Å². The summed E-state index contributed by atoms with van der Waals surface area (Å²) in [5.41, 5.74) is -1.42. The first-order chi connectivity index (χ1) is 16.0. The summed E-state index contributed by atoms with van der Waals surface area (Å²) < 4.78 is 38.9. The summed E-state index contributed by atoms with van der Waals surface area (Å²) in [5, 5.41) is 8.05. The summed E-state index contributed by atoms with van der Waals surface area (Å²) in [5.74, 6) is -2.78. The normalized spacial score (nSPS) is 15.3. The Labute approximate surface area is 199 Å². The van der Waals surface area contributed by atoms with Crippen molar-refractivity contribution in [3.8, 4) is 0 Å². The molecule has 1 aliphatic rings. The SMILES string of the molecule is O=C1C[C@H](C(=O)Nc2ccc(Cl)c(Cl)c2)c2c(nc(Nc3cccc(C(F)(F)F)c3)[nH]c2=O)N1. The number of rotatable bonds is 4. The molecule has 0 saturated heterocycles. The number of benzene rings is 2. The number of aromatic nitrogens is 2. The van der Waals surface area contributed by atoms with E-state index >= 15 is 0 Å². The number of carbonyl (C=O) groups excluding carboxylic acids is 2. The zero-order chi connectivity index (χ0) is 24.6. The molecule has 1 aliphatic heterocycles. The molecule has 0 saturated carbocycles. The maximum absolute atomic E-state index is 13.0. The van der Waals surface area contributed by atoms with Crippen LogP contribution in [0.2, 0.25) is 10.0 Å². The van der Waals surface area contributed by atoms with E-state index < -0.39 is 35.0 Å². The van der Waals surface area contributed by atoms with E-state index in [4.69, 9.17) is 23.2 Å². The van der Waals surface area contributed by atoms with E-state index in [-0.39, 0.29) is 39.5 Å². The van der Waals surface area contributed by atoms with E-state index in [2.05, 4.69) is 25.9 Å². The Kier molecular flexibility index (Phi) is 6.24. The van der Waals surface area contributed by atoms with Gasteiger partial charge in [0.05, 0.1) is 27.1 Å². The molecule has 4 N–H and O–H groups in total. The van der Waals surface area contributed by atoms with Gasteiger partial charge < -0.3 is 16.0 Å². The Balaban J connectivity index is 1.62. The maximum Gasteiger partial charge on any atom is 0.416 e. The average molecular weight is 512 g/mol. The number of aromatic amines is 1. The fourth-order valence-electron chi connectivity index (χ4n) is 3.37. The molecular formula is C21H14Cl2F3N5O3. The van der Waals surface area contributed by atoms with Gasteiger partial charge in [-0.1, -0.05) is 29.3 Å². The predicted molar refractivity (Wildman–Crippen MR) is 121 cm³/mol. The fourth-order valence-corrected chi connectivity index (χ4v) is 3.67. The molecule has 34 heavy (non-hydrogen) atoms. The second-order valence-corrected chi connectivity index (χ2v) is 8.12. The largest absolute Gasteiger partial charge is 0.416 e. The lowest BCUT2D eigenvalue weighted by atomic mass is 9.92. The Bertz CT molecular complexity index is 1360. The molecule has 4 rings (SSSR count). The lowest BCUT2D eigenvalue weighted by molar-refractivity contribution is -0.137. The van der Waals surface area contributed by atoms with Crippen molar-refractivity contribution in [3.63, 3.8) is 0 Å². The molecule has 2 amide bonds. The predicted octanol–water partition coefficient (Wildman–Crippen LogP) is 4.90. The van der Waals surface area contributed by atoms with Gasteiger partial charge in [0.2, 0.25) is 17.8 Å². The van der Waals surface area contributed by atoms with E-state index in [0.717, 1.165) is 12.1 Å². The number of alkyl halides is 3. The molecule has 13 heteroatoms. The molecule has 0 fully saturated rings. The summed E-state index contributed by atoms with van der Waals surface area (Å²) in [4.78, 5) is 44.3. The Morgan fingerprint density at radius 1 is 1.06 bits per heavy atom. The third-order valence-electron chi connectivity index (χ3n) is 4.91. The topological polar surface area (TPSA) is 116 Å². The van der Waals surface area contributed by atoms with Gasteiger partial charge in [0.1, 0.15) is 5.82 Å². The summed E-state index contributed by atoms with van der Waals surface area (Å²) in [6.45, 7) is 0. The summed E-state index contributed by atoms with van der Waals surface area (Å²) in [6.07, 6.45) is -4.87. The van der Waals surface area contributed by atoms with Crippen molar-refractivity contribution in [2.24, 2.45) is 0 Å². The average Bonchev–Trinajstić information content (AvgIpc) is 2.75. The molecular weight excluding hydrogens is 498 g/mol. The van der Waals surface area contributed by atoms with E-state index in [1.165, 1.54) is 30.3 Å². The number of amides is 2. The van der Waals surface area contributed by atoms with Crippen LogP contribution in [0, 0.1) is 0 Å². The van der Waals surface area contributed by atoms with Gasteiger partial charge in [-0.3, -0.25) is 19.4 Å². The zero-order valence-electron chi connectivity index (χ0n) is 16.9. The number of nitrogens with one attached hydrogen (secondary N) is 4. The zero-order valence-corrected chi connectivity index (χ0v) is 18.4. The first-order valence-electron chi connectivity index (χ1n) is 9.65. The number of fused-ring (bicyclic) bond motifs is 1. The highest BCUT2D eigenvalue weighted by molar-refractivity contribution is 6.42. The van der Waals surface area contributed by atoms with Crippen molar-refractivity contribution in [2.45, 2.75) is 18.5 Å². The number of H-pyrrole nitrogens is 1. The number of hydrogen-bond donors (Lipinski definition) is 4. The Morgan fingerprint density at radius 2 is 1.82 bits per heavy atom. The van der Waals surface area contributed by atoms with E-state index in [1.54, 1.807) is 0 Å². The smallest absolute Gasteiger partial charge is 0.326 e. The minimum atomic E-state index is -4.56. The first kappa shape index (κ1) is 23.6. The van der Waals surface area contributed by atoms with Crippen LogP contribution in [0.15, 0.2) is 47.3 Å². The van der Waals surface area contributed by atoms with Crippen molar-refractivity contribution in [2.75, 3.05) is 16.0 Å². The molecule has 0 aliphatic carbocycles. The molecule has 0 spiro atoms. The van der Waals surface area contributed by atoms with Gasteiger partial charge in [0.25, 0.3) is 5.56 Å². The third kappa shape index (κ3) is 5.00. The van der Waals surface area contributed by atoms with Crippen molar-refractivity contribution in [1.29, 1.82) is 0 Å². The number of halogens is 5. The molecule has 0 bridgehead atoms. The molecule has 1 atom stereocenters. The fraction of sp³-hybridized carbons (Fsp3) is 0.143. The van der Waals surface area contributed by atoms with E-state index in [0.29, 0.717) is 5.69 Å². The lowest BCUT2D eigenvalue weighted by Gasteiger charge is -2.23. The van der Waals surface area contributed by atoms with Gasteiger partial charge in [-0.15, -0.1) is 0 Å². The molecule has 176 valence electrons. The number of nitrogens with zero attached hydrogens (tertiary/aromatic N) is 1. The van der Waals surface area contributed by atoms with Gasteiger partial charge in [-0.25, -0.2) is 0 Å². The molecule has 0 radical (unpaired) electrons. The summed E-state index contributed by atoms with van der Waals surface area (Å²) >= 11 is 11.8. The van der Waals surface area contributed by atoms with Crippen LogP contribution < -0.4 is 21.5 Å². The van der Waals surface area contributed by atoms with Crippen molar-refractivity contribution in [1.82, 2.24) is 9.97 Å². The van der Waals surface area contributed by atoms with Crippen molar-refractivity contribution < 1.29 is 22.8 Å². The minimum Gasteiger partial charge on any atom is -0.326 e. The molecule has 2 aromatic carbocycles. The van der Waals surface area contributed by atoms with Gasteiger partial charge in [-0.2, -0.15) is 18.2 Å². The van der Waals surface area contributed by atoms with E-state index in [1.807, 2.05) is 0 Å². The van der Waals surface area contributed by atoms with Crippen molar-refractivity contribution in [3.05, 3.63) is 74.0 Å². The highest BCUT2D eigenvalue weighted by Crippen LogP contribution is 2.33. The number of carbonyl (C=O) groups is 2. The second kappa shape index (κ2) is 8.99. The van der Waals surface area contributed by atoms with Crippen LogP contribution in [-0.4, -0.2) is 21.8 Å². The minimum absolute atomic E-state index is 0.00831. The summed E-state index contributed by atoms with van der Waals surface area (Å²) in [7, 11) is 0. The second-order valence-electron chi connectivity index (χ2n) is 7.30. The van der Waals surface area contributed by atoms with Crippen LogP contribution in [-0.2, 0) is 15.8 Å². The van der Waals surface area contributed by atoms with Gasteiger partial charge in [-0.05, 0) is 36.4 Å².